The first-order valence-electron chi connectivity index (χ1n) is 5.40. The molecule has 1 aliphatic heterocycles. The van der Waals surface area contributed by atoms with E-state index in [0.717, 1.165) is 6.07 Å². The highest BCUT2D eigenvalue weighted by Gasteiger charge is 2.33. The fourth-order valence-electron chi connectivity index (χ4n) is 1.57. The summed E-state index contributed by atoms with van der Waals surface area (Å²) in [6, 6.07) is 5.12. The molecule has 1 N–H and O–H groups in total. The van der Waals surface area contributed by atoms with E-state index < -0.39 is 23.8 Å². The molecule has 1 aromatic carbocycles. The third-order valence-electron chi connectivity index (χ3n) is 2.53. The van der Waals surface area contributed by atoms with E-state index in [2.05, 4.69) is 4.84 Å². The minimum absolute atomic E-state index is 0.00127. The molecule has 0 unspecified atom stereocenters. The molecule has 7 heteroatoms. The van der Waals surface area contributed by atoms with E-state index in [1.165, 1.54) is 18.2 Å². The van der Waals surface area contributed by atoms with Gasteiger partial charge in [0.15, 0.2) is 0 Å². The van der Waals surface area contributed by atoms with Gasteiger partial charge in [-0.15, -0.1) is 5.06 Å². The quantitative estimate of drug-likeness (QED) is 0.801. The van der Waals surface area contributed by atoms with E-state index in [1.807, 2.05) is 0 Å². The number of carbonyl (C=O) groups is 4. The summed E-state index contributed by atoms with van der Waals surface area (Å²) in [4.78, 5) is 49.6. The van der Waals surface area contributed by atoms with Crippen molar-refractivity contribution in [2.24, 2.45) is 0 Å². The normalized spacial score (nSPS) is 14.6. The molecule has 2 rings (SSSR count). The summed E-state index contributed by atoms with van der Waals surface area (Å²) >= 11 is 0. The number of benzene rings is 1. The molecule has 1 heterocycles. The first kappa shape index (κ1) is 12.7. The Hall–Kier alpha value is -2.70. The van der Waals surface area contributed by atoms with Gasteiger partial charge in [-0.3, -0.25) is 9.59 Å². The molecular weight excluding hydrogens is 254 g/mol. The lowest BCUT2D eigenvalue weighted by molar-refractivity contribution is -0.172. The van der Waals surface area contributed by atoms with Crippen LogP contribution in [0.1, 0.15) is 33.6 Å². The topological polar surface area (TPSA) is 101 Å². The first-order valence-corrected chi connectivity index (χ1v) is 5.40. The second-order valence-corrected chi connectivity index (χ2v) is 3.85. The number of hydroxylamine groups is 2. The van der Waals surface area contributed by atoms with E-state index in [1.54, 1.807) is 0 Å². The highest BCUT2D eigenvalue weighted by molar-refractivity contribution is 6.03. The number of nitrogens with zero attached hydrogens (tertiary/aromatic N) is 1. The zero-order valence-corrected chi connectivity index (χ0v) is 9.66. The summed E-state index contributed by atoms with van der Waals surface area (Å²) in [5.41, 5.74) is -0.138. The molecule has 1 aliphatic rings. The van der Waals surface area contributed by atoms with Gasteiger partial charge in [0.1, 0.15) is 0 Å². The van der Waals surface area contributed by atoms with Crippen LogP contribution >= 0.6 is 0 Å². The molecule has 0 aromatic heterocycles. The van der Waals surface area contributed by atoms with E-state index in [4.69, 9.17) is 5.11 Å². The van der Waals surface area contributed by atoms with E-state index >= 15 is 0 Å². The van der Waals surface area contributed by atoms with Crippen molar-refractivity contribution in [2.75, 3.05) is 0 Å². The summed E-state index contributed by atoms with van der Waals surface area (Å²) in [5, 5.41) is 9.20. The van der Waals surface area contributed by atoms with Gasteiger partial charge in [0.2, 0.25) is 0 Å². The Morgan fingerprint density at radius 2 is 1.68 bits per heavy atom. The van der Waals surface area contributed by atoms with Gasteiger partial charge in [-0.2, -0.15) is 0 Å². The van der Waals surface area contributed by atoms with Crippen LogP contribution in [0.15, 0.2) is 24.3 Å². The van der Waals surface area contributed by atoms with Crippen molar-refractivity contribution in [3.05, 3.63) is 35.4 Å². The molecule has 0 saturated carbocycles. The molecule has 0 aliphatic carbocycles. The Balaban J connectivity index is 2.16. The van der Waals surface area contributed by atoms with Crippen molar-refractivity contribution in [1.82, 2.24) is 5.06 Å². The van der Waals surface area contributed by atoms with Crippen LogP contribution in [-0.4, -0.2) is 33.9 Å². The molecular formula is C12H9NO6. The van der Waals surface area contributed by atoms with Gasteiger partial charge in [-0.05, 0) is 18.2 Å². The number of amides is 2. The molecule has 0 radical (unpaired) electrons. The predicted octanol–water partition coefficient (Wildman–Crippen LogP) is 0.606. The zero-order chi connectivity index (χ0) is 14.0. The number of rotatable bonds is 3. The molecule has 98 valence electrons. The number of aromatic carboxylic acids is 1. The van der Waals surface area contributed by atoms with Crippen LogP contribution in [0, 0.1) is 0 Å². The number of hydrogen-bond acceptors (Lipinski definition) is 5. The number of imide groups is 1. The monoisotopic (exact) mass is 263 g/mol. The Morgan fingerprint density at radius 1 is 1.11 bits per heavy atom. The van der Waals surface area contributed by atoms with Crippen LogP contribution in [-0.2, 0) is 14.4 Å². The minimum atomic E-state index is -1.19. The lowest BCUT2D eigenvalue weighted by Crippen LogP contribution is -2.32. The third kappa shape index (κ3) is 2.59. The second-order valence-electron chi connectivity index (χ2n) is 3.85. The molecule has 19 heavy (non-hydrogen) atoms. The molecule has 1 saturated heterocycles. The van der Waals surface area contributed by atoms with Gasteiger partial charge >= 0.3 is 11.9 Å². The average molecular weight is 263 g/mol. The van der Waals surface area contributed by atoms with Gasteiger partial charge in [0, 0.05) is 12.8 Å². The van der Waals surface area contributed by atoms with E-state index in [0.29, 0.717) is 5.06 Å². The highest BCUT2D eigenvalue weighted by atomic mass is 16.7. The van der Waals surface area contributed by atoms with E-state index in [-0.39, 0.29) is 24.0 Å². The van der Waals surface area contributed by atoms with Crippen molar-refractivity contribution in [2.45, 2.75) is 12.8 Å². The SMILES string of the molecule is O=C(O)c1cccc(C(=O)ON2C(=O)CCC2=O)c1. The van der Waals surface area contributed by atoms with Crippen LogP contribution < -0.4 is 0 Å². The van der Waals surface area contributed by atoms with Crippen molar-refractivity contribution in [3.8, 4) is 0 Å². The summed E-state index contributed by atoms with van der Waals surface area (Å²) in [6.45, 7) is 0. The van der Waals surface area contributed by atoms with Gasteiger partial charge < -0.3 is 9.94 Å². The summed E-state index contributed by atoms with van der Waals surface area (Å²) in [5.74, 6) is -3.32. The molecule has 1 fully saturated rings. The maximum absolute atomic E-state index is 11.7. The molecule has 7 nitrogen and oxygen atoms in total. The minimum Gasteiger partial charge on any atom is -0.478 e. The van der Waals surface area contributed by atoms with Gasteiger partial charge in [-0.25, -0.2) is 9.59 Å². The largest absolute Gasteiger partial charge is 0.478 e. The Bertz CT molecular complexity index is 563. The molecule has 2 amide bonds. The van der Waals surface area contributed by atoms with Crippen molar-refractivity contribution >= 4 is 23.8 Å². The lowest BCUT2D eigenvalue weighted by Gasteiger charge is -2.12. The Kier molecular flexibility index (Phi) is 3.28. The van der Waals surface area contributed by atoms with Crippen LogP contribution in [0.5, 0.6) is 0 Å². The van der Waals surface area contributed by atoms with Gasteiger partial charge in [0.25, 0.3) is 11.8 Å². The van der Waals surface area contributed by atoms with Crippen molar-refractivity contribution in [1.29, 1.82) is 0 Å². The van der Waals surface area contributed by atoms with Gasteiger partial charge in [0.05, 0.1) is 11.1 Å². The Labute approximate surface area is 107 Å². The number of carboxylic acids is 1. The average Bonchev–Trinajstić information content (AvgIpc) is 2.70. The van der Waals surface area contributed by atoms with Crippen molar-refractivity contribution in [3.63, 3.8) is 0 Å². The third-order valence-corrected chi connectivity index (χ3v) is 2.53. The molecule has 0 bridgehead atoms. The fourth-order valence-corrected chi connectivity index (χ4v) is 1.57. The van der Waals surface area contributed by atoms with Crippen LogP contribution in [0.2, 0.25) is 0 Å². The number of carboxylic acid groups (broad SMARTS) is 1. The maximum Gasteiger partial charge on any atom is 0.363 e. The molecule has 0 spiro atoms. The number of hydrogen-bond donors (Lipinski definition) is 1. The standard InChI is InChI=1S/C12H9NO6/c14-9-4-5-10(15)13(9)19-12(18)8-3-1-2-7(6-8)11(16)17/h1-3,6H,4-5H2,(H,16,17). The predicted molar refractivity (Wildman–Crippen MR) is 59.9 cm³/mol. The first-order chi connectivity index (χ1) is 8.99. The maximum atomic E-state index is 11.7. The smallest absolute Gasteiger partial charge is 0.363 e. The number of carbonyl (C=O) groups excluding carboxylic acids is 3. The van der Waals surface area contributed by atoms with Crippen LogP contribution in [0.3, 0.4) is 0 Å². The van der Waals surface area contributed by atoms with Crippen LogP contribution in [0.4, 0.5) is 0 Å². The zero-order valence-electron chi connectivity index (χ0n) is 9.66. The van der Waals surface area contributed by atoms with Gasteiger partial charge in [-0.1, -0.05) is 6.07 Å². The van der Waals surface area contributed by atoms with Crippen molar-refractivity contribution < 1.29 is 29.1 Å². The lowest BCUT2D eigenvalue weighted by atomic mass is 10.1. The van der Waals surface area contributed by atoms with Crippen LogP contribution in [0.25, 0.3) is 0 Å². The molecule has 0 atom stereocenters. The van der Waals surface area contributed by atoms with E-state index in [9.17, 15) is 19.2 Å². The molecule has 1 aromatic rings. The Morgan fingerprint density at radius 3 is 2.26 bits per heavy atom. The highest BCUT2D eigenvalue weighted by Crippen LogP contribution is 2.14. The summed E-state index contributed by atoms with van der Waals surface area (Å²) in [6.07, 6.45) is 0.00254. The second kappa shape index (κ2) is 4.89. The summed E-state index contributed by atoms with van der Waals surface area (Å²) < 4.78 is 0. The fraction of sp³-hybridized carbons (Fsp3) is 0.167. The summed E-state index contributed by atoms with van der Waals surface area (Å²) in [7, 11) is 0.